The summed E-state index contributed by atoms with van der Waals surface area (Å²) in [6.07, 6.45) is -3.13. The Labute approximate surface area is 114 Å². The Kier molecular flexibility index (Phi) is 3.99. The molecule has 0 amide bonds. The average Bonchev–Trinajstić information content (AvgIpc) is 2.87. The topological polar surface area (TPSA) is 53.1 Å². The Balaban J connectivity index is 2.20. The van der Waals surface area contributed by atoms with Crippen molar-refractivity contribution in [3.05, 3.63) is 47.3 Å². The number of ether oxygens (including phenoxy) is 1. The summed E-state index contributed by atoms with van der Waals surface area (Å²) in [4.78, 5) is 0. The van der Waals surface area contributed by atoms with Crippen molar-refractivity contribution in [2.24, 2.45) is 5.73 Å². The Morgan fingerprint density at radius 2 is 2.05 bits per heavy atom. The van der Waals surface area contributed by atoms with Crippen LogP contribution in [0.3, 0.4) is 0 Å². The van der Waals surface area contributed by atoms with Gasteiger partial charge in [0, 0.05) is 18.3 Å². The van der Waals surface area contributed by atoms with Crippen LogP contribution in [0, 0.1) is 0 Å². The van der Waals surface area contributed by atoms with Gasteiger partial charge in [-0.2, -0.15) is 18.3 Å². The minimum Gasteiger partial charge on any atom is -0.496 e. The van der Waals surface area contributed by atoms with Gasteiger partial charge in [0.05, 0.1) is 13.7 Å². The summed E-state index contributed by atoms with van der Waals surface area (Å²) >= 11 is 0. The molecule has 0 radical (unpaired) electrons. The van der Waals surface area contributed by atoms with Crippen molar-refractivity contribution < 1.29 is 17.9 Å². The molecule has 2 N–H and O–H groups in total. The summed E-state index contributed by atoms with van der Waals surface area (Å²) in [7, 11) is 1.52. The molecule has 1 heterocycles. The van der Waals surface area contributed by atoms with E-state index in [1.54, 1.807) is 18.2 Å². The number of halogens is 3. The zero-order valence-electron chi connectivity index (χ0n) is 10.8. The molecule has 0 spiro atoms. The number of benzene rings is 1. The molecule has 0 aliphatic carbocycles. The molecule has 0 fully saturated rings. The van der Waals surface area contributed by atoms with E-state index in [9.17, 15) is 13.2 Å². The monoisotopic (exact) mass is 285 g/mol. The predicted octanol–water partition coefficient (Wildman–Crippen LogP) is 2.42. The maximum absolute atomic E-state index is 12.4. The van der Waals surface area contributed by atoms with Crippen LogP contribution in [0.15, 0.2) is 30.5 Å². The molecule has 108 valence electrons. The third-order valence-corrected chi connectivity index (χ3v) is 2.85. The quantitative estimate of drug-likeness (QED) is 0.938. The van der Waals surface area contributed by atoms with Gasteiger partial charge in [-0.1, -0.05) is 12.1 Å². The van der Waals surface area contributed by atoms with E-state index in [2.05, 4.69) is 5.10 Å². The Morgan fingerprint density at radius 1 is 1.30 bits per heavy atom. The fourth-order valence-electron chi connectivity index (χ4n) is 1.84. The van der Waals surface area contributed by atoms with Crippen LogP contribution < -0.4 is 10.5 Å². The predicted molar refractivity (Wildman–Crippen MR) is 67.2 cm³/mol. The lowest BCUT2D eigenvalue weighted by molar-refractivity contribution is -0.141. The molecule has 0 bridgehead atoms. The zero-order chi connectivity index (χ0) is 14.8. The fraction of sp³-hybridized carbons (Fsp3) is 0.308. The summed E-state index contributed by atoms with van der Waals surface area (Å²) in [5, 5.41) is 3.50. The fourth-order valence-corrected chi connectivity index (χ4v) is 1.84. The molecular formula is C13H14F3N3O. The van der Waals surface area contributed by atoms with Crippen LogP contribution in [0.25, 0.3) is 0 Å². The van der Waals surface area contributed by atoms with Gasteiger partial charge in [-0.25, -0.2) is 0 Å². The lowest BCUT2D eigenvalue weighted by Crippen LogP contribution is -2.08. The van der Waals surface area contributed by atoms with Gasteiger partial charge in [0.15, 0.2) is 5.69 Å². The van der Waals surface area contributed by atoms with Crippen LogP contribution in [-0.2, 0) is 19.3 Å². The molecule has 0 saturated heterocycles. The van der Waals surface area contributed by atoms with Crippen molar-refractivity contribution in [3.8, 4) is 5.75 Å². The molecule has 20 heavy (non-hydrogen) atoms. The number of methoxy groups -OCH3 is 1. The number of aromatic nitrogens is 2. The molecule has 0 aliphatic heterocycles. The Hall–Kier alpha value is -2.02. The Morgan fingerprint density at radius 3 is 2.60 bits per heavy atom. The van der Waals surface area contributed by atoms with E-state index in [-0.39, 0.29) is 6.54 Å². The van der Waals surface area contributed by atoms with Crippen LogP contribution in [0.2, 0.25) is 0 Å². The average molecular weight is 285 g/mol. The van der Waals surface area contributed by atoms with Crippen molar-refractivity contribution in [3.63, 3.8) is 0 Å². The van der Waals surface area contributed by atoms with Crippen LogP contribution >= 0.6 is 0 Å². The molecule has 1 aromatic carbocycles. The third-order valence-electron chi connectivity index (χ3n) is 2.85. The second-order valence-corrected chi connectivity index (χ2v) is 4.25. The van der Waals surface area contributed by atoms with E-state index in [4.69, 9.17) is 10.5 Å². The van der Waals surface area contributed by atoms with E-state index in [1.807, 2.05) is 0 Å². The molecule has 4 nitrogen and oxygen atoms in total. The molecule has 1 aromatic heterocycles. The maximum atomic E-state index is 12.4. The van der Waals surface area contributed by atoms with Crippen LogP contribution in [0.5, 0.6) is 5.75 Å². The molecule has 0 unspecified atom stereocenters. The highest BCUT2D eigenvalue weighted by Crippen LogP contribution is 2.27. The van der Waals surface area contributed by atoms with Crippen molar-refractivity contribution in [1.82, 2.24) is 9.78 Å². The molecule has 2 rings (SSSR count). The second kappa shape index (κ2) is 5.54. The highest BCUT2D eigenvalue weighted by molar-refractivity contribution is 5.37. The van der Waals surface area contributed by atoms with Gasteiger partial charge in [0.25, 0.3) is 0 Å². The van der Waals surface area contributed by atoms with Crippen LogP contribution in [0.1, 0.15) is 16.8 Å². The largest absolute Gasteiger partial charge is 0.496 e. The SMILES string of the molecule is COc1cc(Cn2ccc(C(F)(F)F)n2)ccc1CN. The first-order valence-corrected chi connectivity index (χ1v) is 5.90. The molecule has 0 aliphatic rings. The van der Waals surface area contributed by atoms with Crippen molar-refractivity contribution in [1.29, 1.82) is 0 Å². The molecule has 0 atom stereocenters. The van der Waals surface area contributed by atoms with E-state index in [0.717, 1.165) is 17.2 Å². The lowest BCUT2D eigenvalue weighted by Gasteiger charge is -2.09. The van der Waals surface area contributed by atoms with E-state index < -0.39 is 11.9 Å². The number of hydrogen-bond acceptors (Lipinski definition) is 3. The molecular weight excluding hydrogens is 271 g/mol. The summed E-state index contributed by atoms with van der Waals surface area (Å²) in [6.45, 7) is 0.570. The smallest absolute Gasteiger partial charge is 0.435 e. The van der Waals surface area contributed by atoms with Gasteiger partial charge >= 0.3 is 6.18 Å². The summed E-state index contributed by atoms with van der Waals surface area (Å²) in [5.74, 6) is 0.619. The zero-order valence-corrected chi connectivity index (χ0v) is 10.8. The second-order valence-electron chi connectivity index (χ2n) is 4.25. The summed E-state index contributed by atoms with van der Waals surface area (Å²) in [5.41, 5.74) is 6.29. The van der Waals surface area contributed by atoms with Crippen molar-refractivity contribution in [2.75, 3.05) is 7.11 Å². The van der Waals surface area contributed by atoms with Gasteiger partial charge in [0.1, 0.15) is 5.75 Å². The van der Waals surface area contributed by atoms with Gasteiger partial charge in [-0.15, -0.1) is 0 Å². The number of rotatable bonds is 4. The van der Waals surface area contributed by atoms with E-state index >= 15 is 0 Å². The summed E-state index contributed by atoms with van der Waals surface area (Å²) < 4.78 is 43.8. The standard InChI is InChI=1S/C13H14F3N3O/c1-20-11-6-9(2-3-10(11)7-17)8-19-5-4-12(18-19)13(14,15)16/h2-6H,7-8,17H2,1H3. The maximum Gasteiger partial charge on any atom is 0.435 e. The first-order chi connectivity index (χ1) is 9.44. The third kappa shape index (κ3) is 3.11. The highest BCUT2D eigenvalue weighted by atomic mass is 19.4. The van der Waals surface area contributed by atoms with Crippen LogP contribution in [-0.4, -0.2) is 16.9 Å². The van der Waals surface area contributed by atoms with Gasteiger partial charge in [-0.05, 0) is 17.7 Å². The van der Waals surface area contributed by atoms with E-state index in [0.29, 0.717) is 12.3 Å². The van der Waals surface area contributed by atoms with Crippen LogP contribution in [0.4, 0.5) is 13.2 Å². The number of alkyl halides is 3. The molecule has 7 heteroatoms. The van der Waals surface area contributed by atoms with E-state index in [1.165, 1.54) is 18.0 Å². The molecule has 2 aromatic rings. The number of nitrogens with two attached hydrogens (primary N) is 1. The first kappa shape index (κ1) is 14.4. The minimum absolute atomic E-state index is 0.233. The van der Waals surface area contributed by atoms with Gasteiger partial charge in [0.2, 0.25) is 0 Å². The highest BCUT2D eigenvalue weighted by Gasteiger charge is 2.33. The summed E-state index contributed by atoms with van der Waals surface area (Å²) in [6, 6.07) is 6.28. The van der Waals surface area contributed by atoms with Crippen molar-refractivity contribution in [2.45, 2.75) is 19.3 Å². The van der Waals surface area contributed by atoms with Gasteiger partial charge in [-0.3, -0.25) is 4.68 Å². The molecule has 0 saturated carbocycles. The number of hydrogen-bond donors (Lipinski definition) is 1. The van der Waals surface area contributed by atoms with Gasteiger partial charge < -0.3 is 10.5 Å². The minimum atomic E-state index is -4.42. The van der Waals surface area contributed by atoms with Crippen molar-refractivity contribution >= 4 is 0 Å². The normalized spacial score (nSPS) is 11.7. The lowest BCUT2D eigenvalue weighted by atomic mass is 10.1. The number of nitrogens with zero attached hydrogens (tertiary/aromatic N) is 2. The Bertz CT molecular complexity index is 593. The first-order valence-electron chi connectivity index (χ1n) is 5.90.